The summed E-state index contributed by atoms with van der Waals surface area (Å²) >= 11 is 0. The van der Waals surface area contributed by atoms with Gasteiger partial charge in [0.25, 0.3) is 0 Å². The topological polar surface area (TPSA) is 142 Å². The van der Waals surface area contributed by atoms with Crippen molar-refractivity contribution in [3.8, 4) is 0 Å². The lowest BCUT2D eigenvalue weighted by molar-refractivity contribution is -0.139. The molecule has 9 atom stereocenters. The summed E-state index contributed by atoms with van der Waals surface area (Å²) in [4.78, 5) is 35.8. The largest absolute Gasteiger partial charge is 0.449 e. The third kappa shape index (κ3) is 4.31. The fourth-order valence-corrected chi connectivity index (χ4v) is 9.24. The Kier molecular flexibility index (Phi) is 6.93. The van der Waals surface area contributed by atoms with Crippen LogP contribution in [0.2, 0.25) is 0 Å². The number of ketones is 1. The third-order valence-electron chi connectivity index (χ3n) is 10.7. The van der Waals surface area contributed by atoms with Gasteiger partial charge in [-0.1, -0.05) is 13.8 Å². The van der Waals surface area contributed by atoms with Gasteiger partial charge >= 0.3 is 12.2 Å². The van der Waals surface area contributed by atoms with Gasteiger partial charge in [0, 0.05) is 11.8 Å². The van der Waals surface area contributed by atoms with Gasteiger partial charge in [0.15, 0.2) is 0 Å². The molecule has 0 heterocycles. The van der Waals surface area contributed by atoms with Crippen LogP contribution in [0.5, 0.6) is 0 Å². The van der Waals surface area contributed by atoms with Crippen molar-refractivity contribution in [3.05, 3.63) is 0 Å². The summed E-state index contributed by atoms with van der Waals surface area (Å²) in [6.07, 6.45) is 6.16. The highest BCUT2D eigenvalue weighted by atomic mass is 16.6. The molecule has 0 aromatic rings. The molecule has 0 aliphatic heterocycles. The quantitative estimate of drug-likeness (QED) is 0.532. The van der Waals surface area contributed by atoms with E-state index >= 15 is 0 Å². The molecule has 8 heteroatoms. The molecule has 192 valence electrons. The summed E-state index contributed by atoms with van der Waals surface area (Å²) in [6.45, 7) is 6.40. The second-order valence-electron chi connectivity index (χ2n) is 12.1. The van der Waals surface area contributed by atoms with E-state index in [9.17, 15) is 19.5 Å². The lowest BCUT2D eigenvalue weighted by Gasteiger charge is -2.60. The average Bonchev–Trinajstić information content (AvgIpc) is 3.07. The Morgan fingerprint density at radius 2 is 1.53 bits per heavy atom. The van der Waals surface area contributed by atoms with Crippen LogP contribution >= 0.6 is 0 Å². The van der Waals surface area contributed by atoms with Gasteiger partial charge < -0.3 is 26.0 Å². The van der Waals surface area contributed by atoms with Crippen LogP contribution in [-0.4, -0.2) is 42.4 Å². The van der Waals surface area contributed by atoms with E-state index in [-0.39, 0.29) is 53.7 Å². The molecule has 4 aliphatic rings. The van der Waals surface area contributed by atoms with E-state index in [4.69, 9.17) is 20.9 Å². The average molecular weight is 479 g/mol. The molecule has 0 unspecified atom stereocenters. The molecule has 4 fully saturated rings. The maximum absolute atomic E-state index is 13.1. The van der Waals surface area contributed by atoms with E-state index in [2.05, 4.69) is 13.8 Å². The Morgan fingerprint density at radius 1 is 0.912 bits per heavy atom. The van der Waals surface area contributed by atoms with Crippen LogP contribution in [0.25, 0.3) is 0 Å². The maximum Gasteiger partial charge on any atom is 0.404 e. The minimum atomic E-state index is -0.879. The molecule has 34 heavy (non-hydrogen) atoms. The lowest BCUT2D eigenvalue weighted by Crippen LogP contribution is -2.54. The van der Waals surface area contributed by atoms with Crippen LogP contribution in [0.4, 0.5) is 9.59 Å². The van der Waals surface area contributed by atoms with Crippen molar-refractivity contribution in [3.63, 3.8) is 0 Å². The molecule has 0 aromatic heterocycles. The van der Waals surface area contributed by atoms with Crippen molar-refractivity contribution < 1.29 is 29.0 Å². The van der Waals surface area contributed by atoms with Gasteiger partial charge in [0.1, 0.15) is 5.78 Å². The minimum absolute atomic E-state index is 0.00559. The van der Waals surface area contributed by atoms with Gasteiger partial charge in [-0.25, -0.2) is 9.59 Å². The number of amides is 2. The van der Waals surface area contributed by atoms with Gasteiger partial charge in [-0.3, -0.25) is 4.79 Å². The number of aliphatic hydroxyl groups is 1. The summed E-state index contributed by atoms with van der Waals surface area (Å²) in [5, 5.41) is 10.3. The van der Waals surface area contributed by atoms with Crippen LogP contribution in [0.1, 0.15) is 72.1 Å². The number of ether oxygens (including phenoxy) is 2. The number of hydrogen-bond acceptors (Lipinski definition) is 6. The highest BCUT2D eigenvalue weighted by Gasteiger charge is 2.64. The zero-order chi connectivity index (χ0) is 24.8. The predicted octanol–water partition coefficient (Wildman–Crippen LogP) is 3.63. The fraction of sp³-hybridized carbons (Fsp3) is 0.885. The number of nitrogens with two attached hydrogens (primary N) is 2. The van der Waals surface area contributed by atoms with E-state index < -0.39 is 12.2 Å². The molecule has 0 spiro atoms. The molecule has 4 aliphatic carbocycles. The van der Waals surface area contributed by atoms with Crippen molar-refractivity contribution >= 4 is 18.0 Å². The molecule has 2 amide bonds. The lowest BCUT2D eigenvalue weighted by atomic mass is 9.44. The smallest absolute Gasteiger partial charge is 0.404 e. The summed E-state index contributed by atoms with van der Waals surface area (Å²) in [7, 11) is 0. The standard InChI is InChI=1S/C26H42N2O6/c1-14(29)22-19(15(12-33-23(27)31)13-34-24(28)32)11-21-18-5-4-16-10-17(30)6-8-25(16,2)20(18)7-9-26(21,22)3/h15-22,30H,4-13H2,1-3H3,(H2,27,31)(H2,28,32)/t16-,17+,18+,19-,20-,21-,22-,25-,26-/m0/s1. The van der Waals surface area contributed by atoms with Crippen LogP contribution in [0, 0.1) is 52.3 Å². The number of carbonyl (C=O) groups excluding carboxylic acids is 3. The Hall–Kier alpha value is -1.83. The number of primary amides is 2. The van der Waals surface area contributed by atoms with Crippen LogP contribution in [-0.2, 0) is 14.3 Å². The zero-order valence-electron chi connectivity index (χ0n) is 20.8. The summed E-state index contributed by atoms with van der Waals surface area (Å²) in [5.41, 5.74) is 10.6. The first-order chi connectivity index (χ1) is 16.0. The first-order valence-corrected chi connectivity index (χ1v) is 13.0. The Morgan fingerprint density at radius 3 is 2.12 bits per heavy atom. The molecular formula is C26H42N2O6. The van der Waals surface area contributed by atoms with Gasteiger partial charge in [-0.05, 0) is 98.7 Å². The molecule has 0 radical (unpaired) electrons. The van der Waals surface area contributed by atoms with Crippen molar-refractivity contribution in [1.29, 1.82) is 0 Å². The van der Waals surface area contributed by atoms with E-state index in [0.29, 0.717) is 23.7 Å². The first-order valence-electron chi connectivity index (χ1n) is 13.0. The SMILES string of the molecule is CC(=O)[C@H]1[C@H](C(COC(N)=O)COC(N)=O)C[C@H]2[C@@H]3CC[C@H]4C[C@H](O)CC[C@]4(C)[C@H]3CC[C@@]21C. The van der Waals surface area contributed by atoms with Gasteiger partial charge in [0.2, 0.25) is 0 Å². The molecule has 5 N–H and O–H groups in total. The van der Waals surface area contributed by atoms with Gasteiger partial charge in [0.05, 0.1) is 19.3 Å². The van der Waals surface area contributed by atoms with Crippen molar-refractivity contribution in [2.45, 2.75) is 78.2 Å². The van der Waals surface area contributed by atoms with Crippen molar-refractivity contribution in [1.82, 2.24) is 0 Å². The first kappa shape index (κ1) is 25.3. The predicted molar refractivity (Wildman–Crippen MR) is 125 cm³/mol. The summed E-state index contributed by atoms with van der Waals surface area (Å²) in [6, 6.07) is 0. The van der Waals surface area contributed by atoms with E-state index in [0.717, 1.165) is 51.4 Å². The molecule has 0 saturated heterocycles. The molecule has 0 aromatic carbocycles. The number of fused-ring (bicyclic) bond motifs is 5. The number of rotatable bonds is 6. The third-order valence-corrected chi connectivity index (χ3v) is 10.7. The van der Waals surface area contributed by atoms with Crippen LogP contribution in [0.3, 0.4) is 0 Å². The fourth-order valence-electron chi connectivity index (χ4n) is 9.24. The Bertz CT molecular complexity index is 801. The highest BCUT2D eigenvalue weighted by Crippen LogP contribution is 2.69. The van der Waals surface area contributed by atoms with E-state index in [1.54, 1.807) is 6.92 Å². The molecule has 4 saturated carbocycles. The Balaban J connectivity index is 1.62. The molecule has 4 rings (SSSR count). The number of aliphatic hydroxyl groups excluding tert-OH is 1. The second kappa shape index (κ2) is 9.32. The second-order valence-corrected chi connectivity index (χ2v) is 12.1. The van der Waals surface area contributed by atoms with E-state index in [1.165, 1.54) is 0 Å². The monoisotopic (exact) mass is 478 g/mol. The number of carbonyl (C=O) groups is 3. The van der Waals surface area contributed by atoms with Crippen LogP contribution < -0.4 is 11.5 Å². The minimum Gasteiger partial charge on any atom is -0.449 e. The maximum atomic E-state index is 13.1. The van der Waals surface area contributed by atoms with Gasteiger partial charge in [-0.2, -0.15) is 0 Å². The van der Waals surface area contributed by atoms with Gasteiger partial charge in [-0.15, -0.1) is 0 Å². The van der Waals surface area contributed by atoms with Crippen molar-refractivity contribution in [2.24, 2.45) is 63.7 Å². The number of Topliss-reactive ketones (excluding diaryl/α,β-unsaturated/α-hetero) is 1. The van der Waals surface area contributed by atoms with Crippen molar-refractivity contribution in [2.75, 3.05) is 13.2 Å². The summed E-state index contributed by atoms with van der Waals surface area (Å²) < 4.78 is 10.3. The molecule has 8 nitrogen and oxygen atoms in total. The normalized spacial score (nSPS) is 43.4. The van der Waals surface area contributed by atoms with Crippen LogP contribution in [0.15, 0.2) is 0 Å². The number of hydrogen-bond donors (Lipinski definition) is 3. The summed E-state index contributed by atoms with van der Waals surface area (Å²) in [5.74, 6) is 1.67. The highest BCUT2D eigenvalue weighted by molar-refractivity contribution is 5.80. The van der Waals surface area contributed by atoms with E-state index in [1.807, 2.05) is 0 Å². The molecule has 0 bridgehead atoms. The Labute approximate surface area is 202 Å². The zero-order valence-corrected chi connectivity index (χ0v) is 20.8. The molecular weight excluding hydrogens is 436 g/mol.